The molecule has 2 heteroatoms. The fraction of sp³-hybridized carbons (Fsp3) is 1.00. The van der Waals surface area contributed by atoms with Crippen molar-refractivity contribution in [3.63, 3.8) is 0 Å². The number of halogens is 1. The van der Waals surface area contributed by atoms with Gasteiger partial charge in [0.25, 0.3) is 0 Å². The standard InChI is InChI=1S/C9H17FS/c1-7(11-2)8-3-5-9(10)6-4-8/h7-9H,3-6H2,1-2H3. The fourth-order valence-corrected chi connectivity index (χ4v) is 2.40. The van der Waals surface area contributed by atoms with Crippen molar-refractivity contribution >= 4 is 11.8 Å². The Balaban J connectivity index is 2.27. The lowest BCUT2D eigenvalue weighted by molar-refractivity contribution is 0.207. The number of rotatable bonds is 2. The van der Waals surface area contributed by atoms with Gasteiger partial charge in [0, 0.05) is 5.25 Å². The zero-order valence-corrected chi connectivity index (χ0v) is 8.16. The van der Waals surface area contributed by atoms with Crippen molar-refractivity contribution in [2.75, 3.05) is 6.26 Å². The third-order valence-electron chi connectivity index (χ3n) is 2.74. The molecule has 1 atom stereocenters. The quantitative estimate of drug-likeness (QED) is 0.622. The average Bonchev–Trinajstić information content (AvgIpc) is 2.05. The summed E-state index contributed by atoms with van der Waals surface area (Å²) < 4.78 is 12.7. The molecule has 11 heavy (non-hydrogen) atoms. The van der Waals surface area contributed by atoms with Gasteiger partial charge in [-0.2, -0.15) is 11.8 Å². The first-order chi connectivity index (χ1) is 5.24. The maximum Gasteiger partial charge on any atom is 0.100 e. The molecule has 0 spiro atoms. The van der Waals surface area contributed by atoms with Crippen LogP contribution in [-0.2, 0) is 0 Å². The molecule has 0 aromatic heterocycles. The summed E-state index contributed by atoms with van der Waals surface area (Å²) in [6.45, 7) is 2.26. The van der Waals surface area contributed by atoms with Crippen LogP contribution in [0.3, 0.4) is 0 Å². The molecule has 1 unspecified atom stereocenters. The maximum atomic E-state index is 12.7. The number of thioether (sulfide) groups is 1. The highest BCUT2D eigenvalue weighted by atomic mass is 32.2. The van der Waals surface area contributed by atoms with E-state index < -0.39 is 6.17 Å². The van der Waals surface area contributed by atoms with Crippen LogP contribution in [0.1, 0.15) is 32.6 Å². The van der Waals surface area contributed by atoms with Gasteiger partial charge in [-0.3, -0.25) is 0 Å². The predicted molar refractivity (Wildman–Crippen MR) is 49.8 cm³/mol. The summed E-state index contributed by atoms with van der Waals surface area (Å²) in [4.78, 5) is 0. The van der Waals surface area contributed by atoms with Crippen LogP contribution in [0.2, 0.25) is 0 Å². The number of hydrogen-bond acceptors (Lipinski definition) is 1. The highest BCUT2D eigenvalue weighted by molar-refractivity contribution is 7.99. The minimum atomic E-state index is -0.500. The molecule has 0 N–H and O–H groups in total. The lowest BCUT2D eigenvalue weighted by Gasteiger charge is -2.28. The largest absolute Gasteiger partial charge is 0.247 e. The van der Waals surface area contributed by atoms with Crippen LogP contribution in [-0.4, -0.2) is 17.7 Å². The van der Waals surface area contributed by atoms with Gasteiger partial charge in [0.15, 0.2) is 0 Å². The summed E-state index contributed by atoms with van der Waals surface area (Å²) >= 11 is 1.91. The van der Waals surface area contributed by atoms with Gasteiger partial charge in [-0.15, -0.1) is 0 Å². The molecule has 0 amide bonds. The summed E-state index contributed by atoms with van der Waals surface area (Å²) in [6, 6.07) is 0. The van der Waals surface area contributed by atoms with Gasteiger partial charge >= 0.3 is 0 Å². The molecule has 1 fully saturated rings. The van der Waals surface area contributed by atoms with Crippen molar-refractivity contribution in [2.24, 2.45) is 5.92 Å². The first kappa shape index (κ1) is 9.37. The van der Waals surface area contributed by atoms with Crippen LogP contribution in [0, 0.1) is 5.92 Å². The second-order valence-electron chi connectivity index (χ2n) is 3.45. The predicted octanol–water partition coefficient (Wildman–Crippen LogP) is 3.27. The average molecular weight is 176 g/mol. The molecule has 1 rings (SSSR count). The first-order valence-corrected chi connectivity index (χ1v) is 5.69. The Hall–Kier alpha value is 0.280. The van der Waals surface area contributed by atoms with Gasteiger partial charge in [-0.25, -0.2) is 4.39 Å². The summed E-state index contributed by atoms with van der Waals surface area (Å²) in [5, 5.41) is 0.725. The zero-order valence-electron chi connectivity index (χ0n) is 7.35. The van der Waals surface area contributed by atoms with Crippen LogP contribution < -0.4 is 0 Å². The smallest absolute Gasteiger partial charge is 0.100 e. The van der Waals surface area contributed by atoms with Crippen LogP contribution in [0.4, 0.5) is 4.39 Å². The normalized spacial score (nSPS) is 35.2. The van der Waals surface area contributed by atoms with Gasteiger partial charge in [0.1, 0.15) is 6.17 Å². The topological polar surface area (TPSA) is 0 Å². The summed E-state index contributed by atoms with van der Waals surface area (Å²) in [5.41, 5.74) is 0. The van der Waals surface area contributed by atoms with Crippen LogP contribution in [0.15, 0.2) is 0 Å². The minimum Gasteiger partial charge on any atom is -0.247 e. The van der Waals surface area contributed by atoms with Gasteiger partial charge in [-0.05, 0) is 37.9 Å². The summed E-state index contributed by atoms with van der Waals surface area (Å²) in [7, 11) is 0. The zero-order chi connectivity index (χ0) is 8.27. The molecule has 1 aliphatic carbocycles. The first-order valence-electron chi connectivity index (χ1n) is 4.41. The van der Waals surface area contributed by atoms with E-state index in [0.29, 0.717) is 0 Å². The van der Waals surface area contributed by atoms with E-state index in [1.807, 2.05) is 11.8 Å². The molecule has 0 aromatic rings. The Morgan fingerprint density at radius 1 is 1.27 bits per heavy atom. The van der Waals surface area contributed by atoms with E-state index in [-0.39, 0.29) is 0 Å². The van der Waals surface area contributed by atoms with Crippen molar-refractivity contribution < 1.29 is 4.39 Å². The number of hydrogen-bond donors (Lipinski definition) is 0. The van der Waals surface area contributed by atoms with E-state index in [4.69, 9.17) is 0 Å². The Kier molecular flexibility index (Phi) is 3.70. The van der Waals surface area contributed by atoms with Gasteiger partial charge in [0.2, 0.25) is 0 Å². The van der Waals surface area contributed by atoms with E-state index in [1.165, 1.54) is 0 Å². The van der Waals surface area contributed by atoms with Gasteiger partial charge < -0.3 is 0 Å². The van der Waals surface area contributed by atoms with Gasteiger partial charge in [-0.1, -0.05) is 6.92 Å². The van der Waals surface area contributed by atoms with Crippen molar-refractivity contribution in [3.05, 3.63) is 0 Å². The lowest BCUT2D eigenvalue weighted by atomic mass is 9.86. The molecule has 0 radical (unpaired) electrons. The van der Waals surface area contributed by atoms with Crippen LogP contribution in [0.5, 0.6) is 0 Å². The fourth-order valence-electron chi connectivity index (χ4n) is 1.74. The van der Waals surface area contributed by atoms with Gasteiger partial charge in [0.05, 0.1) is 0 Å². The van der Waals surface area contributed by atoms with Crippen LogP contribution >= 0.6 is 11.8 Å². The van der Waals surface area contributed by atoms with E-state index in [9.17, 15) is 4.39 Å². The van der Waals surface area contributed by atoms with Crippen molar-refractivity contribution in [1.29, 1.82) is 0 Å². The van der Waals surface area contributed by atoms with E-state index >= 15 is 0 Å². The van der Waals surface area contributed by atoms with Crippen molar-refractivity contribution in [2.45, 2.75) is 44.0 Å². The second kappa shape index (κ2) is 4.34. The molecule has 0 heterocycles. The highest BCUT2D eigenvalue weighted by Gasteiger charge is 2.24. The third-order valence-corrected chi connectivity index (χ3v) is 3.87. The molecule has 0 aliphatic heterocycles. The van der Waals surface area contributed by atoms with Crippen LogP contribution in [0.25, 0.3) is 0 Å². The third kappa shape index (κ3) is 2.66. The van der Waals surface area contributed by atoms with Crippen molar-refractivity contribution in [1.82, 2.24) is 0 Å². The minimum absolute atomic E-state index is 0.500. The molecular weight excluding hydrogens is 159 g/mol. The summed E-state index contributed by atoms with van der Waals surface area (Å²) in [6.07, 6.45) is 5.45. The number of alkyl halides is 1. The summed E-state index contributed by atoms with van der Waals surface area (Å²) in [5.74, 6) is 0.775. The van der Waals surface area contributed by atoms with Crippen molar-refractivity contribution in [3.8, 4) is 0 Å². The molecular formula is C9H17FS. The Morgan fingerprint density at radius 2 is 1.82 bits per heavy atom. The Bertz CT molecular complexity index is 108. The molecule has 1 aliphatic rings. The highest BCUT2D eigenvalue weighted by Crippen LogP contribution is 2.32. The maximum absolute atomic E-state index is 12.7. The molecule has 0 saturated heterocycles. The monoisotopic (exact) mass is 176 g/mol. The van der Waals surface area contributed by atoms with E-state index in [2.05, 4.69) is 13.2 Å². The molecule has 0 aromatic carbocycles. The molecule has 1 saturated carbocycles. The Labute approximate surface area is 72.9 Å². The second-order valence-corrected chi connectivity index (χ2v) is 4.67. The lowest BCUT2D eigenvalue weighted by Crippen LogP contribution is -2.21. The molecule has 0 bridgehead atoms. The molecule has 0 nitrogen and oxygen atoms in total. The van der Waals surface area contributed by atoms with E-state index in [0.717, 1.165) is 36.9 Å². The van der Waals surface area contributed by atoms with E-state index in [1.54, 1.807) is 0 Å². The molecule has 66 valence electrons. The Morgan fingerprint density at radius 3 is 2.27 bits per heavy atom. The SMILES string of the molecule is CSC(C)C1CCC(F)CC1.